The Morgan fingerprint density at radius 1 is 1.37 bits per heavy atom. The number of nitrogens with zero attached hydrogens (tertiary/aromatic N) is 3. The van der Waals surface area contributed by atoms with E-state index in [0.29, 0.717) is 25.9 Å². The molecule has 1 fully saturated rings. The van der Waals surface area contributed by atoms with Crippen LogP contribution in [0.15, 0.2) is 12.3 Å². The van der Waals surface area contributed by atoms with E-state index in [4.69, 9.17) is 16.9 Å². The van der Waals surface area contributed by atoms with E-state index in [0.717, 1.165) is 6.07 Å². The van der Waals surface area contributed by atoms with Crippen molar-refractivity contribution in [2.45, 2.75) is 19.0 Å². The topological polar surface area (TPSA) is 39.9 Å². The number of anilines is 1. The van der Waals surface area contributed by atoms with E-state index in [1.165, 1.54) is 6.20 Å². The van der Waals surface area contributed by atoms with E-state index in [-0.39, 0.29) is 16.8 Å². The lowest BCUT2D eigenvalue weighted by atomic mass is 9.98. The zero-order chi connectivity index (χ0) is 14.0. The summed E-state index contributed by atoms with van der Waals surface area (Å²) in [5.74, 6) is -0.235. The molecular formula is C12H11ClF3N3. The molecule has 3 nitrogen and oxygen atoms in total. The predicted octanol–water partition coefficient (Wildman–Crippen LogP) is 3.49. The molecule has 1 saturated heterocycles. The number of aromatic nitrogens is 1. The fourth-order valence-electron chi connectivity index (χ4n) is 2.15. The second-order valence-electron chi connectivity index (χ2n) is 4.38. The van der Waals surface area contributed by atoms with Gasteiger partial charge in [-0.05, 0) is 18.9 Å². The fourth-order valence-corrected chi connectivity index (χ4v) is 2.40. The molecule has 2 heterocycles. The summed E-state index contributed by atoms with van der Waals surface area (Å²) in [6.07, 6.45) is -2.18. The summed E-state index contributed by atoms with van der Waals surface area (Å²) in [5.41, 5.74) is -0.896. The number of nitriles is 1. The molecule has 0 N–H and O–H groups in total. The van der Waals surface area contributed by atoms with Gasteiger partial charge in [0.25, 0.3) is 0 Å². The number of pyridine rings is 1. The van der Waals surface area contributed by atoms with Crippen LogP contribution < -0.4 is 4.90 Å². The normalized spacial score (nSPS) is 17.3. The Morgan fingerprint density at radius 3 is 2.53 bits per heavy atom. The Kier molecular flexibility index (Phi) is 3.85. The van der Waals surface area contributed by atoms with Gasteiger partial charge in [0.2, 0.25) is 0 Å². The van der Waals surface area contributed by atoms with Crippen molar-refractivity contribution < 1.29 is 13.2 Å². The molecule has 2 rings (SSSR count). The Balaban J connectivity index is 2.31. The van der Waals surface area contributed by atoms with Gasteiger partial charge in [0, 0.05) is 25.2 Å². The molecule has 0 bridgehead atoms. The monoisotopic (exact) mass is 289 g/mol. The molecule has 1 aromatic heterocycles. The Labute approximate surface area is 113 Å². The van der Waals surface area contributed by atoms with Crippen LogP contribution in [0.2, 0.25) is 5.02 Å². The minimum absolute atomic E-state index is 0.0928. The number of hydrogen-bond acceptors (Lipinski definition) is 3. The van der Waals surface area contributed by atoms with Gasteiger partial charge in [0.05, 0.1) is 11.1 Å². The third-order valence-corrected chi connectivity index (χ3v) is 3.46. The molecule has 1 aliphatic heterocycles. The molecule has 7 heteroatoms. The Morgan fingerprint density at radius 2 is 2.00 bits per heavy atom. The Hall–Kier alpha value is -1.48. The highest BCUT2D eigenvalue weighted by atomic mass is 35.5. The molecule has 1 aromatic rings. The van der Waals surface area contributed by atoms with Gasteiger partial charge in [-0.1, -0.05) is 11.6 Å². The van der Waals surface area contributed by atoms with Crippen LogP contribution >= 0.6 is 11.6 Å². The minimum atomic E-state index is -4.53. The average Bonchev–Trinajstić information content (AvgIpc) is 2.37. The maximum absolute atomic E-state index is 13.0. The van der Waals surface area contributed by atoms with Crippen molar-refractivity contribution in [2.75, 3.05) is 18.0 Å². The third-order valence-electron chi connectivity index (χ3n) is 3.14. The van der Waals surface area contributed by atoms with Crippen LogP contribution in [0.4, 0.5) is 19.0 Å². The van der Waals surface area contributed by atoms with Gasteiger partial charge in [-0.2, -0.15) is 18.4 Å². The molecule has 0 radical (unpaired) electrons. The molecule has 0 aromatic carbocycles. The van der Waals surface area contributed by atoms with Crippen molar-refractivity contribution in [3.63, 3.8) is 0 Å². The zero-order valence-corrected chi connectivity index (χ0v) is 10.7. The molecule has 0 saturated carbocycles. The fraction of sp³-hybridized carbons (Fsp3) is 0.500. The summed E-state index contributed by atoms with van der Waals surface area (Å²) < 4.78 is 39.0. The van der Waals surface area contributed by atoms with E-state index < -0.39 is 11.7 Å². The smallest absolute Gasteiger partial charge is 0.356 e. The Bertz CT molecular complexity index is 502. The highest BCUT2D eigenvalue weighted by Gasteiger charge is 2.39. The van der Waals surface area contributed by atoms with Crippen LogP contribution in [0.1, 0.15) is 18.4 Å². The van der Waals surface area contributed by atoms with Gasteiger partial charge in [0.1, 0.15) is 11.4 Å². The summed E-state index contributed by atoms with van der Waals surface area (Å²) in [7, 11) is 0. The van der Waals surface area contributed by atoms with Gasteiger partial charge < -0.3 is 4.90 Å². The second kappa shape index (κ2) is 5.25. The van der Waals surface area contributed by atoms with Crippen LogP contribution in [0, 0.1) is 17.2 Å². The van der Waals surface area contributed by atoms with Crippen LogP contribution in [-0.2, 0) is 6.18 Å². The lowest BCUT2D eigenvalue weighted by molar-refractivity contribution is -0.137. The van der Waals surface area contributed by atoms with E-state index in [2.05, 4.69) is 11.1 Å². The standard InChI is InChI=1S/C12H11ClF3N3/c13-9-1-4-18-11(10(9)12(14,15)16)19-5-2-8(7-17)3-6-19/h1,4,8H,2-3,5-6H2. The van der Waals surface area contributed by atoms with Gasteiger partial charge in [-0.3, -0.25) is 0 Å². The average molecular weight is 290 g/mol. The van der Waals surface area contributed by atoms with Crippen molar-refractivity contribution in [3.05, 3.63) is 22.8 Å². The van der Waals surface area contributed by atoms with E-state index >= 15 is 0 Å². The maximum atomic E-state index is 13.0. The van der Waals surface area contributed by atoms with Crippen molar-refractivity contribution in [2.24, 2.45) is 5.92 Å². The third kappa shape index (κ3) is 2.92. The molecule has 1 aliphatic rings. The van der Waals surface area contributed by atoms with Crippen molar-refractivity contribution in [1.29, 1.82) is 5.26 Å². The van der Waals surface area contributed by atoms with Gasteiger partial charge >= 0.3 is 6.18 Å². The molecule has 0 atom stereocenters. The summed E-state index contributed by atoms with van der Waals surface area (Å²) in [4.78, 5) is 5.36. The number of hydrogen-bond donors (Lipinski definition) is 0. The first-order valence-corrected chi connectivity index (χ1v) is 6.17. The van der Waals surface area contributed by atoms with Crippen LogP contribution in [0.5, 0.6) is 0 Å². The van der Waals surface area contributed by atoms with Crippen LogP contribution in [0.25, 0.3) is 0 Å². The molecule has 19 heavy (non-hydrogen) atoms. The first-order chi connectivity index (χ1) is 8.93. The molecule has 0 spiro atoms. The van der Waals surface area contributed by atoms with Gasteiger partial charge in [-0.15, -0.1) is 0 Å². The first-order valence-electron chi connectivity index (χ1n) is 5.79. The molecule has 0 unspecified atom stereocenters. The lowest BCUT2D eigenvalue weighted by Gasteiger charge is -2.31. The molecule has 0 amide bonds. The van der Waals surface area contributed by atoms with Crippen molar-refractivity contribution in [3.8, 4) is 6.07 Å². The summed E-state index contributed by atoms with van der Waals surface area (Å²) in [6, 6.07) is 3.27. The SMILES string of the molecule is N#CC1CCN(c2nccc(Cl)c2C(F)(F)F)CC1. The predicted molar refractivity (Wildman–Crippen MR) is 64.8 cm³/mol. The minimum Gasteiger partial charge on any atom is -0.356 e. The number of alkyl halides is 3. The highest BCUT2D eigenvalue weighted by molar-refractivity contribution is 6.31. The van der Waals surface area contributed by atoms with Crippen molar-refractivity contribution >= 4 is 17.4 Å². The van der Waals surface area contributed by atoms with E-state index in [9.17, 15) is 13.2 Å². The van der Waals surface area contributed by atoms with Gasteiger partial charge in [-0.25, -0.2) is 4.98 Å². The quantitative estimate of drug-likeness (QED) is 0.794. The van der Waals surface area contributed by atoms with E-state index in [1.54, 1.807) is 4.90 Å². The number of piperidine rings is 1. The molecular weight excluding hydrogens is 279 g/mol. The largest absolute Gasteiger partial charge is 0.421 e. The van der Waals surface area contributed by atoms with Gasteiger partial charge in [0.15, 0.2) is 0 Å². The summed E-state index contributed by atoms with van der Waals surface area (Å²) in [5, 5.41) is 8.44. The lowest BCUT2D eigenvalue weighted by Crippen LogP contribution is -2.35. The van der Waals surface area contributed by atoms with Crippen molar-refractivity contribution in [1.82, 2.24) is 4.98 Å². The van der Waals surface area contributed by atoms with Crippen LogP contribution in [-0.4, -0.2) is 18.1 Å². The summed E-state index contributed by atoms with van der Waals surface area (Å²) >= 11 is 5.65. The highest BCUT2D eigenvalue weighted by Crippen LogP contribution is 2.40. The summed E-state index contributed by atoms with van der Waals surface area (Å²) in [6.45, 7) is 0.767. The zero-order valence-electron chi connectivity index (χ0n) is 9.91. The number of halogens is 4. The molecule has 102 valence electrons. The second-order valence-corrected chi connectivity index (χ2v) is 4.79. The van der Waals surface area contributed by atoms with Crippen LogP contribution in [0.3, 0.4) is 0 Å². The molecule has 0 aliphatic carbocycles. The first kappa shape index (κ1) is 13.9. The van der Waals surface area contributed by atoms with E-state index in [1.807, 2.05) is 0 Å². The number of rotatable bonds is 1. The maximum Gasteiger partial charge on any atom is 0.421 e.